The number of aryl methyl sites for hydroxylation is 2. The SMILES string of the molecule is C1CCCC1.C[n+]1ccc(-c2cc[n+](CCCCC3CCCC3)cc2)cc1.FB(F)F.FB(F)F.[F-].[F-]. The van der Waals surface area contributed by atoms with Crippen molar-refractivity contribution in [2.45, 2.75) is 83.6 Å². The summed E-state index contributed by atoms with van der Waals surface area (Å²) in [6.45, 7) is 1.15. The lowest BCUT2D eigenvalue weighted by molar-refractivity contribution is -0.697. The molecule has 210 valence electrons. The molecule has 0 atom stereocenters. The fraction of sp³-hybridized carbons (Fsp3) is 0.600. The summed E-state index contributed by atoms with van der Waals surface area (Å²) in [5.41, 5.74) is 2.58. The molecule has 0 unspecified atom stereocenters. The maximum absolute atomic E-state index is 9.67. The Morgan fingerprint density at radius 2 is 1.03 bits per heavy atom. The number of pyridine rings is 2. The number of aromatic nitrogens is 2. The van der Waals surface area contributed by atoms with Crippen LogP contribution in [0.25, 0.3) is 11.1 Å². The summed E-state index contributed by atoms with van der Waals surface area (Å²) >= 11 is 0. The third kappa shape index (κ3) is 20.6. The van der Waals surface area contributed by atoms with Gasteiger partial charge in [-0.1, -0.05) is 64.2 Å². The first kappa shape index (κ1) is 37.0. The Bertz CT molecular complexity index is 739. The summed E-state index contributed by atoms with van der Waals surface area (Å²) in [6.07, 6.45) is 26.2. The van der Waals surface area contributed by atoms with E-state index in [1.165, 1.54) is 88.2 Å². The van der Waals surface area contributed by atoms with Gasteiger partial charge in [0, 0.05) is 30.7 Å². The van der Waals surface area contributed by atoms with E-state index in [1.807, 2.05) is 7.05 Å². The number of rotatable bonds is 6. The molecule has 2 aromatic heterocycles. The van der Waals surface area contributed by atoms with Crippen LogP contribution in [0, 0.1) is 5.92 Å². The van der Waals surface area contributed by atoms with Crippen molar-refractivity contribution in [2.24, 2.45) is 13.0 Å². The zero-order valence-electron chi connectivity index (χ0n) is 21.5. The molecule has 37 heavy (non-hydrogen) atoms. The third-order valence-corrected chi connectivity index (χ3v) is 6.21. The Kier molecular flexibility index (Phi) is 23.0. The van der Waals surface area contributed by atoms with Crippen LogP contribution in [-0.4, -0.2) is 15.1 Å². The maximum atomic E-state index is 9.67. The van der Waals surface area contributed by atoms with E-state index in [9.17, 15) is 25.9 Å². The van der Waals surface area contributed by atoms with E-state index in [1.54, 1.807) is 0 Å². The summed E-state index contributed by atoms with van der Waals surface area (Å²) < 4.78 is 62.4. The van der Waals surface area contributed by atoms with Crippen LogP contribution in [0.5, 0.6) is 0 Å². The molecule has 2 heterocycles. The number of hydrogen-bond acceptors (Lipinski definition) is 0. The minimum atomic E-state index is -3.67. The fourth-order valence-electron chi connectivity index (χ4n) is 4.40. The van der Waals surface area contributed by atoms with E-state index in [2.05, 4.69) is 58.2 Å². The molecule has 0 bridgehead atoms. The van der Waals surface area contributed by atoms with Gasteiger partial charge in [-0.15, -0.1) is 0 Å². The Labute approximate surface area is 216 Å². The quantitative estimate of drug-likeness (QED) is 0.228. The summed E-state index contributed by atoms with van der Waals surface area (Å²) in [7, 11) is -5.28. The molecule has 0 aliphatic heterocycles. The van der Waals surface area contributed by atoms with E-state index in [0.717, 1.165) is 12.5 Å². The molecule has 12 heteroatoms. The summed E-state index contributed by atoms with van der Waals surface area (Å²) in [5, 5.41) is 0. The van der Waals surface area contributed by atoms with Crippen LogP contribution in [0.2, 0.25) is 0 Å². The van der Waals surface area contributed by atoms with E-state index in [-0.39, 0.29) is 9.41 Å². The molecular formula is C25H38B2F8N2. The fourth-order valence-corrected chi connectivity index (χ4v) is 4.40. The van der Waals surface area contributed by atoms with Gasteiger partial charge in [-0.05, 0) is 23.5 Å². The van der Waals surface area contributed by atoms with Crippen LogP contribution in [0.3, 0.4) is 0 Å². The van der Waals surface area contributed by atoms with Crippen LogP contribution in [-0.2, 0) is 13.6 Å². The van der Waals surface area contributed by atoms with Crippen molar-refractivity contribution < 1.29 is 44.4 Å². The summed E-state index contributed by atoms with van der Waals surface area (Å²) in [5.74, 6) is 1.03. The van der Waals surface area contributed by atoms with Gasteiger partial charge in [0.1, 0.15) is 13.6 Å². The largest absolute Gasteiger partial charge is 1.00 e. The average Bonchev–Trinajstić information content (AvgIpc) is 3.54. The second kappa shape index (κ2) is 23.0. The highest BCUT2D eigenvalue weighted by Gasteiger charge is 2.14. The Morgan fingerprint density at radius 3 is 1.43 bits per heavy atom. The van der Waals surface area contributed by atoms with Gasteiger partial charge in [0.2, 0.25) is 0 Å². The average molecular weight is 540 g/mol. The lowest BCUT2D eigenvalue weighted by Crippen LogP contribution is -3.00. The molecule has 2 aliphatic rings. The minimum Gasteiger partial charge on any atom is -1.00 e. The highest BCUT2D eigenvalue weighted by molar-refractivity contribution is 6.33. The first-order chi connectivity index (χ1) is 16.8. The number of halogens is 8. The Morgan fingerprint density at radius 1 is 0.649 bits per heavy atom. The van der Waals surface area contributed by atoms with Gasteiger partial charge in [-0.2, -0.15) is 0 Å². The Hall–Kier alpha value is -2.13. The maximum Gasteiger partial charge on any atom is 0.762 e. The lowest BCUT2D eigenvalue weighted by atomic mass is 10.0. The van der Waals surface area contributed by atoms with E-state index >= 15 is 0 Å². The molecule has 2 fully saturated rings. The van der Waals surface area contributed by atoms with Crippen molar-refractivity contribution in [2.75, 3.05) is 0 Å². The smallest absolute Gasteiger partial charge is 0.762 e. The van der Waals surface area contributed by atoms with Crippen molar-refractivity contribution in [3.05, 3.63) is 49.1 Å². The summed E-state index contributed by atoms with van der Waals surface area (Å²) in [4.78, 5) is 0. The molecule has 0 saturated heterocycles. The second-order valence-electron chi connectivity index (χ2n) is 8.99. The van der Waals surface area contributed by atoms with Gasteiger partial charge in [-0.25, -0.2) is 9.13 Å². The predicted molar refractivity (Wildman–Crippen MR) is 130 cm³/mol. The molecule has 2 saturated carbocycles. The molecule has 0 aromatic carbocycles. The van der Waals surface area contributed by atoms with Crippen molar-refractivity contribution in [3.63, 3.8) is 0 Å². The first-order valence-electron chi connectivity index (χ1n) is 12.6. The molecule has 2 aromatic rings. The first-order valence-corrected chi connectivity index (χ1v) is 12.6. The number of unbranched alkanes of at least 4 members (excludes halogenated alkanes) is 1. The van der Waals surface area contributed by atoms with Crippen molar-refractivity contribution in [1.29, 1.82) is 0 Å². The van der Waals surface area contributed by atoms with Crippen LogP contribution in [0.1, 0.15) is 77.0 Å². The van der Waals surface area contributed by atoms with Gasteiger partial charge in [0.05, 0.1) is 0 Å². The topological polar surface area (TPSA) is 7.76 Å². The highest BCUT2D eigenvalue weighted by atomic mass is 19.4. The van der Waals surface area contributed by atoms with Crippen molar-refractivity contribution in [3.8, 4) is 11.1 Å². The molecule has 0 N–H and O–H groups in total. The highest BCUT2D eigenvalue weighted by Crippen LogP contribution is 2.28. The van der Waals surface area contributed by atoms with E-state index in [4.69, 9.17) is 0 Å². The molecule has 0 spiro atoms. The standard InChI is InChI=1S/C20H28N2.C5H10.2BF3.2FH/c1-21-14-9-19(10-15-21)20-11-16-22(17-12-20)13-5-4-8-18-6-2-3-7-18;1-2-4-5-3-1;2*2-1(3)4;;/h9-12,14-18H,2-8,13H2,1H3;1-5H2;;;2*1H/q+2;;;;;/p-2. The van der Waals surface area contributed by atoms with Crippen LogP contribution in [0.4, 0.5) is 25.9 Å². The monoisotopic (exact) mass is 540 g/mol. The second-order valence-corrected chi connectivity index (χ2v) is 8.99. The Balaban J connectivity index is 0. The van der Waals surface area contributed by atoms with Gasteiger partial charge in [0.25, 0.3) is 0 Å². The van der Waals surface area contributed by atoms with Crippen LogP contribution >= 0.6 is 0 Å². The van der Waals surface area contributed by atoms with Gasteiger partial charge < -0.3 is 9.41 Å². The van der Waals surface area contributed by atoms with Crippen LogP contribution in [0.15, 0.2) is 49.1 Å². The lowest BCUT2D eigenvalue weighted by Gasteiger charge is -2.06. The molecular weight excluding hydrogens is 502 g/mol. The van der Waals surface area contributed by atoms with Gasteiger partial charge in [0.15, 0.2) is 24.8 Å². The van der Waals surface area contributed by atoms with E-state index < -0.39 is 15.1 Å². The molecule has 4 rings (SSSR count). The zero-order chi connectivity index (χ0) is 25.9. The molecule has 2 nitrogen and oxygen atoms in total. The molecule has 2 aliphatic carbocycles. The predicted octanol–water partition coefficient (Wildman–Crippen LogP) is 1.54. The van der Waals surface area contributed by atoms with Crippen LogP contribution < -0.4 is 18.5 Å². The van der Waals surface area contributed by atoms with Crippen molar-refractivity contribution in [1.82, 2.24) is 0 Å². The minimum absolute atomic E-state index is 0. The zero-order valence-corrected chi connectivity index (χ0v) is 21.5. The summed E-state index contributed by atoms with van der Waals surface area (Å²) in [6, 6.07) is 8.79. The number of hydrogen-bond donors (Lipinski definition) is 0. The molecule has 0 radical (unpaired) electrons. The van der Waals surface area contributed by atoms with E-state index in [0.29, 0.717) is 0 Å². The normalized spacial score (nSPS) is 13.8. The number of nitrogens with zero attached hydrogens (tertiary/aromatic N) is 2. The third-order valence-electron chi connectivity index (χ3n) is 6.21. The van der Waals surface area contributed by atoms with Crippen molar-refractivity contribution >= 4 is 15.1 Å². The molecule has 0 amide bonds. The van der Waals surface area contributed by atoms with Gasteiger partial charge in [-0.3, -0.25) is 25.9 Å². The van der Waals surface area contributed by atoms with Gasteiger partial charge >= 0.3 is 15.1 Å².